The van der Waals surface area contributed by atoms with Crippen LogP contribution >= 0.6 is 0 Å². The minimum absolute atomic E-state index is 0.128. The van der Waals surface area contributed by atoms with Crippen molar-refractivity contribution in [2.45, 2.75) is 206 Å². The summed E-state index contributed by atoms with van der Waals surface area (Å²) in [6, 6.07) is 0. The molecule has 0 rings (SSSR count). The quantitative estimate of drug-likeness (QED) is 0.0398. The number of carboxylic acids is 1. The Balaban J connectivity index is 4.47. The number of nitrogens with zero attached hydrogens (tertiary/aromatic N) is 1. The second kappa shape index (κ2) is 28.8. The molecule has 0 saturated carbocycles. The maximum absolute atomic E-state index is 13.5. The van der Waals surface area contributed by atoms with Crippen molar-refractivity contribution in [1.29, 1.82) is 0 Å². The number of ketones is 1. The van der Waals surface area contributed by atoms with Crippen LogP contribution in [0.15, 0.2) is 0 Å². The highest BCUT2D eigenvalue weighted by Crippen LogP contribution is 2.26. The van der Waals surface area contributed by atoms with Crippen molar-refractivity contribution in [1.82, 2.24) is 0 Å². The third kappa shape index (κ3) is 27.4. The molecule has 0 radical (unpaired) electrons. The van der Waals surface area contributed by atoms with Crippen molar-refractivity contribution in [3.05, 3.63) is 0 Å². The van der Waals surface area contributed by atoms with Crippen molar-refractivity contribution >= 4 is 17.7 Å². The van der Waals surface area contributed by atoms with E-state index in [1.54, 1.807) is 0 Å². The van der Waals surface area contributed by atoms with Crippen LogP contribution < -0.4 is 5.11 Å². The van der Waals surface area contributed by atoms with Gasteiger partial charge in [-0.3, -0.25) is 9.59 Å². The van der Waals surface area contributed by atoms with Gasteiger partial charge in [-0.2, -0.15) is 0 Å². The van der Waals surface area contributed by atoms with Crippen LogP contribution in [0.5, 0.6) is 0 Å². The summed E-state index contributed by atoms with van der Waals surface area (Å²) in [7, 11) is 5.68. The van der Waals surface area contributed by atoms with Gasteiger partial charge in [0, 0.05) is 25.2 Å². The first-order valence-corrected chi connectivity index (χ1v) is 19.3. The molecule has 0 fully saturated rings. The van der Waals surface area contributed by atoms with E-state index in [-0.39, 0.29) is 25.2 Å². The molecule has 266 valence electrons. The maximum atomic E-state index is 13.5. The Morgan fingerprint density at radius 2 is 0.822 bits per heavy atom. The zero-order valence-corrected chi connectivity index (χ0v) is 30.7. The minimum atomic E-state index is -1.66. The van der Waals surface area contributed by atoms with Crippen LogP contribution in [0.2, 0.25) is 0 Å². The third-order valence-electron chi connectivity index (χ3n) is 8.97. The lowest BCUT2D eigenvalue weighted by Crippen LogP contribution is -2.58. The molecule has 0 heterocycles. The highest BCUT2D eigenvalue weighted by Gasteiger charge is 2.46. The highest BCUT2D eigenvalue weighted by atomic mass is 16.6. The van der Waals surface area contributed by atoms with E-state index in [1.165, 1.54) is 128 Å². The Labute approximate surface area is 279 Å². The van der Waals surface area contributed by atoms with Gasteiger partial charge in [-0.05, 0) is 12.8 Å². The molecule has 1 unspecified atom stereocenters. The fourth-order valence-corrected chi connectivity index (χ4v) is 6.45. The summed E-state index contributed by atoms with van der Waals surface area (Å²) >= 11 is 0. The number of esters is 1. The Kier molecular flexibility index (Phi) is 27.9. The Bertz CT molecular complexity index is 731. The fraction of sp³-hybridized carbons (Fsp3) is 0.923. The molecule has 45 heavy (non-hydrogen) atoms. The molecule has 0 aromatic rings. The molecule has 1 atom stereocenters. The number of likely N-dealkylation sites (N-methyl/N-ethyl adjacent to an activating group) is 1. The zero-order chi connectivity index (χ0) is 33.7. The molecule has 0 aromatic carbocycles. The fourth-order valence-electron chi connectivity index (χ4n) is 6.45. The van der Waals surface area contributed by atoms with E-state index in [0.29, 0.717) is 17.3 Å². The van der Waals surface area contributed by atoms with Gasteiger partial charge < -0.3 is 19.1 Å². The lowest BCUT2D eigenvalue weighted by atomic mass is 9.89. The number of aliphatic carboxylic acids is 1. The first kappa shape index (κ1) is 43.6. The molecule has 0 saturated heterocycles. The second-order valence-corrected chi connectivity index (χ2v) is 14.9. The molecule has 0 aliphatic rings. The molecule has 0 aliphatic carbocycles. The van der Waals surface area contributed by atoms with E-state index in [1.807, 2.05) is 21.1 Å². The van der Waals surface area contributed by atoms with E-state index < -0.39 is 24.0 Å². The van der Waals surface area contributed by atoms with Gasteiger partial charge >= 0.3 is 5.97 Å². The summed E-state index contributed by atoms with van der Waals surface area (Å²) in [5, 5.41) is 11.8. The van der Waals surface area contributed by atoms with Gasteiger partial charge in [0.15, 0.2) is 5.78 Å². The van der Waals surface area contributed by atoms with Crippen molar-refractivity contribution in [2.75, 3.05) is 27.7 Å². The van der Waals surface area contributed by atoms with Crippen LogP contribution in [-0.4, -0.2) is 55.5 Å². The Morgan fingerprint density at radius 3 is 1.13 bits per heavy atom. The van der Waals surface area contributed by atoms with Gasteiger partial charge in [0.25, 0.3) is 0 Å². The summed E-state index contributed by atoms with van der Waals surface area (Å²) in [5.74, 6) is -2.09. The average Bonchev–Trinajstić information content (AvgIpc) is 2.96. The summed E-state index contributed by atoms with van der Waals surface area (Å²) in [6.07, 6.45) is 31.5. The molecule has 0 amide bonds. The highest BCUT2D eigenvalue weighted by molar-refractivity contribution is 5.93. The molecular weight excluding hydrogens is 562 g/mol. The molecule has 0 bridgehead atoms. The van der Waals surface area contributed by atoms with E-state index in [4.69, 9.17) is 4.74 Å². The largest absolute Gasteiger partial charge is 0.550 e. The van der Waals surface area contributed by atoms with Crippen molar-refractivity contribution in [3.8, 4) is 0 Å². The van der Waals surface area contributed by atoms with E-state index in [2.05, 4.69) is 13.8 Å². The number of Topliss-reactive ketones (excluding diaryl/α,β-unsaturated/α-hetero) is 1. The molecular formula is C39H75NO5. The predicted molar refractivity (Wildman–Crippen MR) is 187 cm³/mol. The molecule has 0 N–H and O–H groups in total. The predicted octanol–water partition coefficient (Wildman–Crippen LogP) is 9.65. The van der Waals surface area contributed by atoms with Crippen LogP contribution in [0.25, 0.3) is 0 Å². The number of quaternary nitrogens is 1. The minimum Gasteiger partial charge on any atom is -0.550 e. The van der Waals surface area contributed by atoms with Crippen LogP contribution in [0.4, 0.5) is 0 Å². The standard InChI is InChI=1S/C39H75NO5/c1-6-8-10-12-14-16-18-20-22-24-26-28-30-32-36(41)39(34-37(42)43,35-40(3,4)5)45-38(44)33-31-29-27-25-23-21-19-17-15-13-11-9-7-2/h6-35H2,1-5H3. The topological polar surface area (TPSA) is 83.5 Å². The average molecular weight is 638 g/mol. The smallest absolute Gasteiger partial charge is 0.307 e. The maximum Gasteiger partial charge on any atom is 0.307 e. The number of hydrogen-bond acceptors (Lipinski definition) is 5. The van der Waals surface area contributed by atoms with Crippen molar-refractivity contribution in [3.63, 3.8) is 0 Å². The van der Waals surface area contributed by atoms with Gasteiger partial charge in [0.05, 0.1) is 21.1 Å². The number of hydrogen-bond donors (Lipinski definition) is 0. The molecule has 6 heteroatoms. The molecule has 6 nitrogen and oxygen atoms in total. The van der Waals surface area contributed by atoms with Gasteiger partial charge in [-0.1, -0.05) is 168 Å². The molecule has 0 spiro atoms. The van der Waals surface area contributed by atoms with Crippen LogP contribution in [0.3, 0.4) is 0 Å². The normalized spacial score (nSPS) is 13.1. The first-order chi connectivity index (χ1) is 21.6. The van der Waals surface area contributed by atoms with Crippen LogP contribution in [-0.2, 0) is 19.1 Å². The van der Waals surface area contributed by atoms with Gasteiger partial charge in [-0.25, -0.2) is 0 Å². The van der Waals surface area contributed by atoms with Crippen LogP contribution in [0.1, 0.15) is 200 Å². The van der Waals surface area contributed by atoms with Gasteiger partial charge in [0.2, 0.25) is 5.60 Å². The van der Waals surface area contributed by atoms with Crippen molar-refractivity contribution < 1.29 is 28.7 Å². The SMILES string of the molecule is CCCCCCCCCCCCCCCC(=O)OC(CC(=O)[O-])(C[N+](C)(C)C)C(=O)CCCCCCCCCCCCCCC. The Hall–Kier alpha value is -1.43. The summed E-state index contributed by atoms with van der Waals surface area (Å²) in [6.45, 7) is 4.63. The second-order valence-electron chi connectivity index (χ2n) is 14.9. The summed E-state index contributed by atoms with van der Waals surface area (Å²) in [5.41, 5.74) is -1.66. The molecule has 0 aromatic heterocycles. The van der Waals surface area contributed by atoms with Crippen LogP contribution in [0, 0.1) is 0 Å². The third-order valence-corrected chi connectivity index (χ3v) is 8.97. The molecule has 0 aliphatic heterocycles. The number of ether oxygens (including phenoxy) is 1. The lowest BCUT2D eigenvalue weighted by molar-refractivity contribution is -0.875. The first-order valence-electron chi connectivity index (χ1n) is 19.3. The Morgan fingerprint density at radius 1 is 0.511 bits per heavy atom. The number of carboxylic acid groups (broad SMARTS) is 1. The number of rotatable bonds is 34. The number of carbonyl (C=O) groups excluding carboxylic acids is 3. The lowest BCUT2D eigenvalue weighted by Gasteiger charge is -2.38. The van der Waals surface area contributed by atoms with Gasteiger partial charge in [-0.15, -0.1) is 0 Å². The number of unbranched alkanes of at least 4 members (excludes halogenated alkanes) is 24. The van der Waals surface area contributed by atoms with Gasteiger partial charge in [0.1, 0.15) is 6.54 Å². The monoisotopic (exact) mass is 638 g/mol. The summed E-state index contributed by atoms with van der Waals surface area (Å²) < 4.78 is 6.16. The summed E-state index contributed by atoms with van der Waals surface area (Å²) in [4.78, 5) is 38.3. The number of carbonyl (C=O) groups is 3. The van der Waals surface area contributed by atoms with E-state index in [0.717, 1.165) is 25.7 Å². The van der Waals surface area contributed by atoms with Crippen molar-refractivity contribution in [2.24, 2.45) is 0 Å². The zero-order valence-electron chi connectivity index (χ0n) is 30.7. The van der Waals surface area contributed by atoms with E-state index >= 15 is 0 Å². The van der Waals surface area contributed by atoms with E-state index in [9.17, 15) is 19.5 Å².